The van der Waals surface area contributed by atoms with Gasteiger partial charge in [-0.05, 0) is 32.3 Å². The first-order chi connectivity index (χ1) is 8.52. The van der Waals surface area contributed by atoms with Crippen LogP contribution in [0.5, 0.6) is 0 Å². The summed E-state index contributed by atoms with van der Waals surface area (Å²) in [6, 6.07) is 8.46. The molecule has 0 spiro atoms. The van der Waals surface area contributed by atoms with E-state index in [2.05, 4.69) is 51.1 Å². The number of ketones is 1. The third-order valence-electron chi connectivity index (χ3n) is 4.88. The fourth-order valence-corrected chi connectivity index (χ4v) is 3.50. The number of rotatable bonds is 1. The van der Waals surface area contributed by atoms with Gasteiger partial charge >= 0.3 is 0 Å². The zero-order valence-electron chi connectivity index (χ0n) is 11.4. The van der Waals surface area contributed by atoms with Gasteiger partial charge in [0, 0.05) is 11.3 Å². The lowest BCUT2D eigenvalue weighted by atomic mass is 9.48. The summed E-state index contributed by atoms with van der Waals surface area (Å²) in [5.74, 6) is 0.965. The van der Waals surface area contributed by atoms with Gasteiger partial charge in [0.1, 0.15) is 5.78 Å². The summed E-state index contributed by atoms with van der Waals surface area (Å²) < 4.78 is 0. The lowest BCUT2D eigenvalue weighted by molar-refractivity contribution is -0.146. The van der Waals surface area contributed by atoms with Crippen LogP contribution in [-0.4, -0.2) is 5.78 Å². The maximum Gasteiger partial charge on any atom is 0.147 e. The van der Waals surface area contributed by atoms with Gasteiger partial charge < -0.3 is 0 Å². The summed E-state index contributed by atoms with van der Waals surface area (Å²) in [4.78, 5) is 12.5. The molecule has 1 saturated carbocycles. The maximum atomic E-state index is 12.5. The molecule has 94 valence electrons. The van der Waals surface area contributed by atoms with Crippen LogP contribution in [0.25, 0.3) is 0 Å². The van der Waals surface area contributed by atoms with E-state index in [1.807, 2.05) is 0 Å². The third-order valence-corrected chi connectivity index (χ3v) is 4.88. The monoisotopic (exact) mass is 240 g/mol. The van der Waals surface area contributed by atoms with Gasteiger partial charge in [0.2, 0.25) is 0 Å². The van der Waals surface area contributed by atoms with Crippen molar-refractivity contribution >= 4 is 5.78 Å². The molecule has 0 amide bonds. The predicted molar refractivity (Wildman–Crippen MR) is 73.5 cm³/mol. The normalized spacial score (nSPS) is 34.6. The fourth-order valence-electron chi connectivity index (χ4n) is 3.50. The minimum Gasteiger partial charge on any atom is -0.298 e. The minimum absolute atomic E-state index is 0.0882. The Morgan fingerprint density at radius 1 is 1.17 bits per heavy atom. The van der Waals surface area contributed by atoms with Gasteiger partial charge in [0.15, 0.2) is 0 Å². The quantitative estimate of drug-likeness (QED) is 0.677. The Balaban J connectivity index is 1.97. The first-order valence-electron chi connectivity index (χ1n) is 6.80. The Morgan fingerprint density at radius 2 is 1.83 bits per heavy atom. The summed E-state index contributed by atoms with van der Waals surface area (Å²) >= 11 is 0. The number of hydrogen-bond donors (Lipinski definition) is 0. The fraction of sp³-hybridized carbons (Fsp3) is 0.471. The van der Waals surface area contributed by atoms with E-state index in [-0.39, 0.29) is 11.3 Å². The Morgan fingerprint density at radius 3 is 2.50 bits per heavy atom. The van der Waals surface area contributed by atoms with Crippen LogP contribution in [-0.2, 0) is 4.79 Å². The van der Waals surface area contributed by atoms with Crippen LogP contribution in [0.4, 0.5) is 0 Å². The molecule has 1 fully saturated rings. The summed E-state index contributed by atoms with van der Waals surface area (Å²) in [7, 11) is 0. The van der Waals surface area contributed by atoms with Crippen molar-refractivity contribution in [1.82, 2.24) is 0 Å². The number of fused-ring (bicyclic) bond motifs is 1. The number of Topliss-reactive ketones (excluding diaryl/α,β-unsaturated/α-hetero) is 1. The van der Waals surface area contributed by atoms with Crippen molar-refractivity contribution in [3.8, 4) is 0 Å². The number of carbonyl (C=O) groups is 1. The second-order valence-corrected chi connectivity index (χ2v) is 6.21. The zero-order valence-corrected chi connectivity index (χ0v) is 11.4. The molecular formula is C17H20O. The first-order valence-corrected chi connectivity index (χ1v) is 6.80. The van der Waals surface area contributed by atoms with E-state index in [9.17, 15) is 4.79 Å². The highest BCUT2D eigenvalue weighted by atomic mass is 16.1. The van der Waals surface area contributed by atoms with Crippen molar-refractivity contribution in [2.45, 2.75) is 39.5 Å². The van der Waals surface area contributed by atoms with Crippen LogP contribution in [0.15, 0.2) is 35.9 Å². The molecule has 1 aromatic carbocycles. The molecule has 0 radical (unpaired) electrons. The molecular weight excluding hydrogens is 220 g/mol. The molecule has 1 aromatic rings. The number of allylic oxidation sites excluding steroid dienone is 2. The second-order valence-electron chi connectivity index (χ2n) is 6.21. The smallest absolute Gasteiger partial charge is 0.147 e. The van der Waals surface area contributed by atoms with Crippen molar-refractivity contribution in [2.75, 3.05) is 0 Å². The number of hydrogen-bond acceptors (Lipinski definition) is 1. The van der Waals surface area contributed by atoms with E-state index in [4.69, 9.17) is 0 Å². The number of benzene rings is 1. The standard InChI is InChI=1S/C17H20O/c1-11-4-6-13(7-5-11)15-14-10-12(2)8-9-17(14,3)16(15)18/h4-7,10,14-15H,8-9H2,1-3H3/t14-,15+,17-/m0/s1. The Hall–Kier alpha value is -1.37. The molecule has 3 atom stereocenters. The van der Waals surface area contributed by atoms with Gasteiger partial charge in [-0.2, -0.15) is 0 Å². The van der Waals surface area contributed by atoms with Crippen LogP contribution in [0, 0.1) is 18.3 Å². The summed E-state index contributed by atoms with van der Waals surface area (Å²) in [5.41, 5.74) is 3.81. The third kappa shape index (κ3) is 1.50. The molecule has 0 bridgehead atoms. The molecule has 0 saturated heterocycles. The highest BCUT2D eigenvalue weighted by Crippen LogP contribution is 2.58. The molecule has 0 aliphatic heterocycles. The largest absolute Gasteiger partial charge is 0.298 e. The van der Waals surface area contributed by atoms with Crippen molar-refractivity contribution in [1.29, 1.82) is 0 Å². The van der Waals surface area contributed by atoms with Crippen molar-refractivity contribution in [3.63, 3.8) is 0 Å². The van der Waals surface area contributed by atoms with Crippen LogP contribution >= 0.6 is 0 Å². The van der Waals surface area contributed by atoms with E-state index in [1.54, 1.807) is 0 Å². The molecule has 0 heterocycles. The van der Waals surface area contributed by atoms with E-state index >= 15 is 0 Å². The predicted octanol–water partition coefficient (Wildman–Crippen LogP) is 4.02. The van der Waals surface area contributed by atoms with Gasteiger partial charge in [0.25, 0.3) is 0 Å². The molecule has 2 aliphatic rings. The van der Waals surface area contributed by atoms with Gasteiger partial charge in [0.05, 0.1) is 5.92 Å². The zero-order chi connectivity index (χ0) is 12.9. The average Bonchev–Trinajstić information content (AvgIpc) is 2.36. The average molecular weight is 240 g/mol. The minimum atomic E-state index is -0.0882. The van der Waals surface area contributed by atoms with Gasteiger partial charge in [-0.25, -0.2) is 0 Å². The molecule has 0 aromatic heterocycles. The molecule has 0 N–H and O–H groups in total. The van der Waals surface area contributed by atoms with Crippen molar-refractivity contribution < 1.29 is 4.79 Å². The SMILES string of the molecule is CC1=C[C@H]2[C@@H](c3ccc(C)cc3)C(=O)[C@@]2(C)CC1. The van der Waals surface area contributed by atoms with Crippen LogP contribution in [0.3, 0.4) is 0 Å². The van der Waals surface area contributed by atoms with E-state index in [1.165, 1.54) is 16.7 Å². The van der Waals surface area contributed by atoms with Crippen LogP contribution in [0.1, 0.15) is 43.7 Å². The van der Waals surface area contributed by atoms with Crippen LogP contribution in [0.2, 0.25) is 0 Å². The van der Waals surface area contributed by atoms with Gasteiger partial charge in [-0.3, -0.25) is 4.79 Å². The summed E-state index contributed by atoms with van der Waals surface area (Å²) in [6.07, 6.45) is 4.45. The highest BCUT2D eigenvalue weighted by molar-refractivity contribution is 5.98. The first kappa shape index (κ1) is 11.7. The maximum absolute atomic E-state index is 12.5. The lowest BCUT2D eigenvalue weighted by Crippen LogP contribution is -2.54. The summed E-state index contributed by atoms with van der Waals surface area (Å²) in [6.45, 7) is 6.42. The lowest BCUT2D eigenvalue weighted by Gasteiger charge is -2.53. The highest BCUT2D eigenvalue weighted by Gasteiger charge is 2.58. The van der Waals surface area contributed by atoms with Gasteiger partial charge in [-0.15, -0.1) is 0 Å². The second kappa shape index (κ2) is 3.81. The molecule has 1 nitrogen and oxygen atoms in total. The van der Waals surface area contributed by atoms with E-state index < -0.39 is 0 Å². The number of aryl methyl sites for hydroxylation is 1. The topological polar surface area (TPSA) is 17.1 Å². The Kier molecular flexibility index (Phi) is 2.48. The van der Waals surface area contributed by atoms with Crippen molar-refractivity contribution in [3.05, 3.63) is 47.0 Å². The van der Waals surface area contributed by atoms with E-state index in [0.29, 0.717) is 11.7 Å². The summed E-state index contributed by atoms with van der Waals surface area (Å²) in [5, 5.41) is 0. The number of carbonyl (C=O) groups excluding carboxylic acids is 1. The molecule has 1 heteroatoms. The van der Waals surface area contributed by atoms with Gasteiger partial charge in [-0.1, -0.05) is 48.4 Å². The van der Waals surface area contributed by atoms with E-state index in [0.717, 1.165) is 12.8 Å². The molecule has 3 rings (SSSR count). The Bertz CT molecular complexity index is 523. The molecule has 18 heavy (non-hydrogen) atoms. The van der Waals surface area contributed by atoms with Crippen molar-refractivity contribution in [2.24, 2.45) is 11.3 Å². The molecule has 2 aliphatic carbocycles. The molecule has 0 unspecified atom stereocenters. The Labute approximate surface area is 109 Å². The van der Waals surface area contributed by atoms with Crippen LogP contribution < -0.4 is 0 Å².